The lowest BCUT2D eigenvalue weighted by Gasteiger charge is -2.16. The molecule has 0 unspecified atom stereocenters. The van der Waals surface area contributed by atoms with Crippen molar-refractivity contribution in [1.82, 2.24) is 16.0 Å². The van der Waals surface area contributed by atoms with Crippen LogP contribution in [0.3, 0.4) is 0 Å². The summed E-state index contributed by atoms with van der Waals surface area (Å²) in [7, 11) is 0. The van der Waals surface area contributed by atoms with Gasteiger partial charge in [0, 0.05) is 24.3 Å². The predicted octanol–water partition coefficient (Wildman–Crippen LogP) is 6.85. The van der Waals surface area contributed by atoms with E-state index in [2.05, 4.69) is 16.0 Å². The second-order valence-electron chi connectivity index (χ2n) is 12.1. The fourth-order valence-electron chi connectivity index (χ4n) is 4.33. The first-order chi connectivity index (χ1) is 17.6. The van der Waals surface area contributed by atoms with Gasteiger partial charge < -0.3 is 16.0 Å². The van der Waals surface area contributed by atoms with E-state index in [0.29, 0.717) is 12.2 Å². The van der Waals surface area contributed by atoms with Crippen molar-refractivity contribution in [2.75, 3.05) is 19.6 Å². The van der Waals surface area contributed by atoms with Gasteiger partial charge in [0.05, 0.1) is 6.54 Å². The summed E-state index contributed by atoms with van der Waals surface area (Å²) in [5.74, 6) is 0.250. The van der Waals surface area contributed by atoms with Crippen molar-refractivity contribution in [2.24, 2.45) is 5.41 Å². The summed E-state index contributed by atoms with van der Waals surface area (Å²) in [6, 6.07) is 0.103. The van der Waals surface area contributed by atoms with Crippen LogP contribution in [0.2, 0.25) is 0 Å². The van der Waals surface area contributed by atoms with Crippen molar-refractivity contribution in [1.29, 1.82) is 0 Å². The van der Waals surface area contributed by atoms with Crippen LogP contribution in [0.15, 0.2) is 0 Å². The summed E-state index contributed by atoms with van der Waals surface area (Å²) in [4.78, 5) is 35.2. The van der Waals surface area contributed by atoms with Crippen LogP contribution in [0.4, 0.5) is 0 Å². The van der Waals surface area contributed by atoms with Gasteiger partial charge in [-0.2, -0.15) is 0 Å². The standard InChI is InChI=1S/C31H61N3O3/c1-27(2)34-30(37)26-33-29(36)23-19-15-11-7-6-8-12-16-20-24-32-25-21-17-13-9-10-14-18-22-28(35)31(3,4)5/h27,32H,6-26H2,1-5H3,(H,33,36)(H,34,37). The Morgan fingerprint density at radius 3 is 1.41 bits per heavy atom. The van der Waals surface area contributed by atoms with Gasteiger partial charge in [-0.05, 0) is 52.6 Å². The molecule has 0 fully saturated rings. The van der Waals surface area contributed by atoms with E-state index in [4.69, 9.17) is 0 Å². The van der Waals surface area contributed by atoms with E-state index >= 15 is 0 Å². The molecule has 37 heavy (non-hydrogen) atoms. The minimum atomic E-state index is -0.174. The van der Waals surface area contributed by atoms with Crippen LogP contribution in [-0.4, -0.2) is 43.3 Å². The lowest BCUT2D eigenvalue weighted by Crippen LogP contribution is -2.39. The molecule has 0 aromatic carbocycles. The summed E-state index contributed by atoms with van der Waals surface area (Å²) in [6.45, 7) is 12.2. The number of hydrogen-bond donors (Lipinski definition) is 3. The van der Waals surface area contributed by atoms with Gasteiger partial charge in [0.15, 0.2) is 0 Å². The second kappa shape index (κ2) is 23.7. The number of hydrogen-bond acceptors (Lipinski definition) is 4. The molecule has 0 atom stereocenters. The molecule has 0 radical (unpaired) electrons. The third kappa shape index (κ3) is 26.0. The fourth-order valence-corrected chi connectivity index (χ4v) is 4.33. The summed E-state index contributed by atoms with van der Waals surface area (Å²) < 4.78 is 0. The molecule has 6 nitrogen and oxygen atoms in total. The first kappa shape index (κ1) is 35.6. The molecule has 0 aromatic rings. The molecule has 0 bridgehead atoms. The molecule has 0 rings (SSSR count). The summed E-state index contributed by atoms with van der Waals surface area (Å²) in [5.41, 5.74) is -0.174. The molecule has 0 saturated heterocycles. The molecule has 6 heteroatoms. The SMILES string of the molecule is CC(C)NC(=O)CNC(=O)CCCCCCCCCCCNCCCCCCCCCC(=O)C(C)(C)C. The number of ketones is 1. The third-order valence-corrected chi connectivity index (χ3v) is 6.75. The van der Waals surface area contributed by atoms with Crippen LogP contribution >= 0.6 is 0 Å². The van der Waals surface area contributed by atoms with E-state index in [1.54, 1.807) is 0 Å². The molecule has 218 valence electrons. The zero-order valence-corrected chi connectivity index (χ0v) is 25.2. The zero-order valence-electron chi connectivity index (χ0n) is 25.2. The molecule has 0 aromatic heterocycles. The van der Waals surface area contributed by atoms with Gasteiger partial charge in [0.1, 0.15) is 5.78 Å². The Morgan fingerprint density at radius 1 is 0.568 bits per heavy atom. The van der Waals surface area contributed by atoms with Crippen molar-refractivity contribution in [3.05, 3.63) is 0 Å². The molecule has 0 aliphatic heterocycles. The van der Waals surface area contributed by atoms with Crippen molar-refractivity contribution in [3.8, 4) is 0 Å². The Morgan fingerprint density at radius 2 is 0.973 bits per heavy atom. The Hall–Kier alpha value is -1.43. The van der Waals surface area contributed by atoms with Gasteiger partial charge in [-0.1, -0.05) is 97.8 Å². The normalized spacial score (nSPS) is 11.6. The quantitative estimate of drug-likeness (QED) is 0.114. The molecule has 3 N–H and O–H groups in total. The number of carbonyl (C=O) groups excluding carboxylic acids is 3. The van der Waals surface area contributed by atoms with Crippen molar-refractivity contribution in [2.45, 2.75) is 156 Å². The van der Waals surface area contributed by atoms with Crippen LogP contribution < -0.4 is 16.0 Å². The van der Waals surface area contributed by atoms with Crippen molar-refractivity contribution in [3.63, 3.8) is 0 Å². The van der Waals surface area contributed by atoms with Gasteiger partial charge >= 0.3 is 0 Å². The Labute approximate surface area is 229 Å². The smallest absolute Gasteiger partial charge is 0.239 e. The number of rotatable bonds is 25. The topological polar surface area (TPSA) is 87.3 Å². The highest BCUT2D eigenvalue weighted by molar-refractivity contribution is 5.84. The first-order valence-electron chi connectivity index (χ1n) is 15.4. The van der Waals surface area contributed by atoms with Crippen molar-refractivity contribution < 1.29 is 14.4 Å². The molecule has 0 saturated carbocycles. The molecule has 2 amide bonds. The number of Topliss-reactive ketones (excluding diaryl/α,β-unsaturated/α-hetero) is 1. The third-order valence-electron chi connectivity index (χ3n) is 6.75. The maximum absolute atomic E-state index is 11.9. The second-order valence-corrected chi connectivity index (χ2v) is 12.1. The van der Waals surface area contributed by atoms with Crippen LogP contribution in [0.1, 0.15) is 150 Å². The predicted molar refractivity (Wildman–Crippen MR) is 157 cm³/mol. The minimum Gasteiger partial charge on any atom is -0.352 e. The van der Waals surface area contributed by atoms with Crippen LogP contribution in [0.25, 0.3) is 0 Å². The summed E-state index contributed by atoms with van der Waals surface area (Å²) >= 11 is 0. The number of nitrogens with one attached hydrogen (secondary N) is 3. The Balaban J connectivity index is 3.23. The van der Waals surface area contributed by atoms with Gasteiger partial charge in [0.25, 0.3) is 0 Å². The van der Waals surface area contributed by atoms with E-state index in [9.17, 15) is 14.4 Å². The van der Waals surface area contributed by atoms with E-state index in [1.807, 2.05) is 34.6 Å². The highest BCUT2D eigenvalue weighted by Crippen LogP contribution is 2.19. The van der Waals surface area contributed by atoms with Crippen LogP contribution in [-0.2, 0) is 14.4 Å². The van der Waals surface area contributed by atoms with Gasteiger partial charge in [-0.3, -0.25) is 14.4 Å². The van der Waals surface area contributed by atoms with Crippen molar-refractivity contribution >= 4 is 17.6 Å². The summed E-state index contributed by atoms with van der Waals surface area (Å²) in [5, 5.41) is 9.05. The Kier molecular flexibility index (Phi) is 22.8. The molecular formula is C31H61N3O3. The van der Waals surface area contributed by atoms with E-state index in [1.165, 1.54) is 83.5 Å². The maximum atomic E-state index is 11.9. The summed E-state index contributed by atoms with van der Waals surface area (Å²) in [6.07, 6.45) is 21.0. The zero-order chi connectivity index (χ0) is 27.8. The maximum Gasteiger partial charge on any atom is 0.239 e. The first-order valence-corrected chi connectivity index (χ1v) is 15.4. The molecule has 0 aliphatic carbocycles. The minimum absolute atomic E-state index is 0.0235. The van der Waals surface area contributed by atoms with Crippen LogP contribution in [0, 0.1) is 5.41 Å². The van der Waals surface area contributed by atoms with Gasteiger partial charge in [0.2, 0.25) is 11.8 Å². The van der Waals surface area contributed by atoms with E-state index < -0.39 is 0 Å². The highest BCUT2D eigenvalue weighted by atomic mass is 16.2. The Bertz CT molecular complexity index is 585. The van der Waals surface area contributed by atoms with Crippen LogP contribution in [0.5, 0.6) is 0 Å². The molecule has 0 spiro atoms. The monoisotopic (exact) mass is 523 g/mol. The molecule has 0 aliphatic rings. The fraction of sp³-hybridized carbons (Fsp3) is 0.903. The number of unbranched alkanes of at least 4 members (excludes halogenated alkanes) is 14. The average molecular weight is 524 g/mol. The largest absolute Gasteiger partial charge is 0.352 e. The molecular weight excluding hydrogens is 462 g/mol. The van der Waals surface area contributed by atoms with E-state index in [0.717, 1.165) is 38.8 Å². The lowest BCUT2D eigenvalue weighted by atomic mass is 9.88. The lowest BCUT2D eigenvalue weighted by molar-refractivity contribution is -0.126. The van der Waals surface area contributed by atoms with E-state index in [-0.39, 0.29) is 29.8 Å². The van der Waals surface area contributed by atoms with Gasteiger partial charge in [-0.25, -0.2) is 0 Å². The number of carbonyl (C=O) groups is 3. The highest BCUT2D eigenvalue weighted by Gasteiger charge is 2.19. The molecule has 0 heterocycles. The van der Waals surface area contributed by atoms with Gasteiger partial charge in [-0.15, -0.1) is 0 Å². The number of amides is 2. The average Bonchev–Trinajstić information content (AvgIpc) is 2.82.